The fraction of sp³-hybridized carbons (Fsp3) is 0.200. The van der Waals surface area contributed by atoms with Crippen molar-refractivity contribution in [3.63, 3.8) is 0 Å². The van der Waals surface area contributed by atoms with E-state index in [1.165, 1.54) is 12.1 Å². The number of anilines is 1. The Hall–Kier alpha value is -0.440. The van der Waals surface area contributed by atoms with Crippen molar-refractivity contribution in [3.8, 4) is 0 Å². The van der Waals surface area contributed by atoms with Gasteiger partial charge in [0.1, 0.15) is 6.04 Å². The van der Waals surface area contributed by atoms with Crippen LogP contribution in [0.2, 0.25) is 0 Å². The first kappa shape index (κ1) is 17.6. The molecular formula is C10H11Br3N2O3. The van der Waals surface area contributed by atoms with Gasteiger partial charge in [-0.3, -0.25) is 9.59 Å². The third-order valence-electron chi connectivity index (χ3n) is 2.12. The maximum absolute atomic E-state index is 11.7. The van der Waals surface area contributed by atoms with Gasteiger partial charge in [0.2, 0.25) is 0 Å². The highest BCUT2D eigenvalue weighted by molar-refractivity contribution is 9.11. The molecule has 1 atom stereocenters. The van der Waals surface area contributed by atoms with Crippen LogP contribution in [0.5, 0.6) is 0 Å². The SMILES string of the molecule is Br.Nc1c(Br)cc(C(=O)C[C@@H](N)C(=O)O)cc1Br. The lowest BCUT2D eigenvalue weighted by molar-refractivity contribution is -0.138. The van der Waals surface area contributed by atoms with E-state index >= 15 is 0 Å². The van der Waals surface area contributed by atoms with Crippen molar-refractivity contribution in [2.24, 2.45) is 5.73 Å². The van der Waals surface area contributed by atoms with Crippen molar-refractivity contribution in [2.45, 2.75) is 12.5 Å². The minimum absolute atomic E-state index is 0. The molecule has 0 saturated carbocycles. The summed E-state index contributed by atoms with van der Waals surface area (Å²) in [4.78, 5) is 22.3. The number of rotatable bonds is 4. The number of carbonyl (C=O) groups excluding carboxylic acids is 1. The molecule has 0 amide bonds. The molecule has 0 heterocycles. The van der Waals surface area contributed by atoms with Crippen LogP contribution in [0.25, 0.3) is 0 Å². The zero-order chi connectivity index (χ0) is 13.2. The number of benzene rings is 1. The van der Waals surface area contributed by atoms with E-state index in [2.05, 4.69) is 31.9 Å². The Morgan fingerprint density at radius 2 is 1.72 bits per heavy atom. The summed E-state index contributed by atoms with van der Waals surface area (Å²) in [6, 6.07) is 1.88. The van der Waals surface area contributed by atoms with Crippen molar-refractivity contribution in [1.82, 2.24) is 0 Å². The van der Waals surface area contributed by atoms with Gasteiger partial charge < -0.3 is 16.6 Å². The van der Waals surface area contributed by atoms with E-state index < -0.39 is 12.0 Å². The number of nitrogens with two attached hydrogens (primary N) is 2. The highest BCUT2D eigenvalue weighted by Gasteiger charge is 2.18. The average molecular weight is 447 g/mol. The molecule has 1 aromatic carbocycles. The van der Waals surface area contributed by atoms with Gasteiger partial charge in [-0.25, -0.2) is 0 Å². The molecule has 100 valence electrons. The van der Waals surface area contributed by atoms with E-state index in [1.54, 1.807) is 0 Å². The highest BCUT2D eigenvalue weighted by atomic mass is 79.9. The predicted molar refractivity (Wildman–Crippen MR) is 81.1 cm³/mol. The minimum Gasteiger partial charge on any atom is -0.480 e. The summed E-state index contributed by atoms with van der Waals surface area (Å²) < 4.78 is 1.14. The number of Topliss-reactive ketones (excluding diaryl/α,β-unsaturated/α-hetero) is 1. The van der Waals surface area contributed by atoms with Crippen LogP contribution in [0.15, 0.2) is 21.1 Å². The lowest BCUT2D eigenvalue weighted by Crippen LogP contribution is -2.32. The number of carboxylic acid groups (broad SMARTS) is 1. The van der Waals surface area contributed by atoms with E-state index in [9.17, 15) is 9.59 Å². The van der Waals surface area contributed by atoms with Crippen LogP contribution in [0, 0.1) is 0 Å². The maximum Gasteiger partial charge on any atom is 0.320 e. The van der Waals surface area contributed by atoms with Crippen LogP contribution in [-0.4, -0.2) is 22.9 Å². The fourth-order valence-electron chi connectivity index (χ4n) is 1.15. The number of carbonyl (C=O) groups is 2. The fourth-order valence-corrected chi connectivity index (χ4v) is 2.34. The Morgan fingerprint density at radius 1 is 1.28 bits per heavy atom. The smallest absolute Gasteiger partial charge is 0.320 e. The number of aliphatic carboxylic acids is 1. The highest BCUT2D eigenvalue weighted by Crippen LogP contribution is 2.30. The van der Waals surface area contributed by atoms with Gasteiger partial charge in [-0.2, -0.15) is 0 Å². The Balaban J connectivity index is 0.00000289. The lowest BCUT2D eigenvalue weighted by Gasteiger charge is -2.08. The first-order valence-electron chi connectivity index (χ1n) is 4.59. The second-order valence-electron chi connectivity index (χ2n) is 3.43. The van der Waals surface area contributed by atoms with E-state index in [4.69, 9.17) is 16.6 Å². The Kier molecular flexibility index (Phi) is 7.05. The number of ketones is 1. The molecule has 1 rings (SSSR count). The van der Waals surface area contributed by atoms with Gasteiger partial charge in [0.15, 0.2) is 5.78 Å². The molecule has 0 aromatic heterocycles. The molecule has 0 radical (unpaired) electrons. The van der Waals surface area contributed by atoms with Crippen LogP contribution in [0.4, 0.5) is 5.69 Å². The summed E-state index contributed by atoms with van der Waals surface area (Å²) in [5.74, 6) is -1.55. The molecule has 0 aliphatic carbocycles. The minimum atomic E-state index is -1.20. The summed E-state index contributed by atoms with van der Waals surface area (Å²) in [6.45, 7) is 0. The Bertz CT molecular complexity index is 456. The largest absolute Gasteiger partial charge is 0.480 e. The molecule has 0 aliphatic rings. The van der Waals surface area contributed by atoms with Gasteiger partial charge >= 0.3 is 5.97 Å². The molecule has 18 heavy (non-hydrogen) atoms. The zero-order valence-electron chi connectivity index (χ0n) is 9.02. The molecule has 0 bridgehead atoms. The lowest BCUT2D eigenvalue weighted by atomic mass is 10.0. The summed E-state index contributed by atoms with van der Waals surface area (Å²) in [6.07, 6.45) is -0.252. The van der Waals surface area contributed by atoms with Gasteiger partial charge in [0.05, 0.1) is 5.69 Å². The third kappa shape index (κ3) is 4.34. The van der Waals surface area contributed by atoms with E-state index in [1.807, 2.05) is 0 Å². The molecule has 0 spiro atoms. The molecule has 0 aliphatic heterocycles. The Labute approximate surface area is 131 Å². The monoisotopic (exact) mass is 444 g/mol. The van der Waals surface area contributed by atoms with Crippen LogP contribution in [-0.2, 0) is 4.79 Å². The van der Waals surface area contributed by atoms with Crippen LogP contribution >= 0.6 is 48.8 Å². The number of nitrogen functional groups attached to an aromatic ring is 1. The molecule has 1 aromatic rings. The van der Waals surface area contributed by atoms with Crippen molar-refractivity contribution in [2.75, 3.05) is 5.73 Å². The van der Waals surface area contributed by atoms with Gasteiger partial charge in [0.25, 0.3) is 0 Å². The third-order valence-corrected chi connectivity index (χ3v) is 3.44. The van der Waals surface area contributed by atoms with Crippen molar-refractivity contribution >= 4 is 66.3 Å². The molecule has 0 unspecified atom stereocenters. The number of halogens is 3. The number of hydrogen-bond donors (Lipinski definition) is 3. The van der Waals surface area contributed by atoms with Crippen LogP contribution in [0.3, 0.4) is 0 Å². The van der Waals surface area contributed by atoms with Gasteiger partial charge in [-0.05, 0) is 44.0 Å². The first-order valence-corrected chi connectivity index (χ1v) is 6.17. The van der Waals surface area contributed by atoms with E-state index in [-0.39, 0.29) is 29.2 Å². The summed E-state index contributed by atoms with van der Waals surface area (Å²) in [5.41, 5.74) is 11.8. The molecule has 0 saturated heterocycles. The molecule has 0 fully saturated rings. The number of carboxylic acids is 1. The van der Waals surface area contributed by atoms with Crippen molar-refractivity contribution in [3.05, 3.63) is 26.6 Å². The van der Waals surface area contributed by atoms with Gasteiger partial charge in [0, 0.05) is 20.9 Å². The molecule has 5 N–H and O–H groups in total. The van der Waals surface area contributed by atoms with Crippen molar-refractivity contribution in [1.29, 1.82) is 0 Å². The van der Waals surface area contributed by atoms with E-state index in [0.29, 0.717) is 20.2 Å². The summed E-state index contributed by atoms with van der Waals surface area (Å²) in [5, 5.41) is 8.62. The summed E-state index contributed by atoms with van der Waals surface area (Å²) >= 11 is 6.41. The number of hydrogen-bond acceptors (Lipinski definition) is 4. The predicted octanol–water partition coefficient (Wildman–Crippen LogP) is 2.36. The average Bonchev–Trinajstić information content (AvgIpc) is 2.24. The second kappa shape index (κ2) is 7.22. The Morgan fingerprint density at radius 3 is 2.11 bits per heavy atom. The normalized spacial score (nSPS) is 11.5. The molecular weight excluding hydrogens is 436 g/mol. The van der Waals surface area contributed by atoms with Crippen LogP contribution < -0.4 is 11.5 Å². The van der Waals surface area contributed by atoms with E-state index in [0.717, 1.165) is 0 Å². The van der Waals surface area contributed by atoms with Gasteiger partial charge in [-0.1, -0.05) is 0 Å². The quantitative estimate of drug-likeness (QED) is 0.486. The molecule has 5 nitrogen and oxygen atoms in total. The van der Waals surface area contributed by atoms with Crippen molar-refractivity contribution < 1.29 is 14.7 Å². The molecule has 8 heteroatoms. The first-order chi connectivity index (χ1) is 7.82. The standard InChI is InChI=1S/C10H10Br2N2O3.BrH/c11-5-1-4(2-6(12)9(5)14)8(15)3-7(13)10(16)17;/h1-2,7H,3,13-14H2,(H,16,17);1H/t7-;/m1./s1. The zero-order valence-corrected chi connectivity index (χ0v) is 13.9. The summed E-state index contributed by atoms with van der Waals surface area (Å²) in [7, 11) is 0. The van der Waals surface area contributed by atoms with Gasteiger partial charge in [-0.15, -0.1) is 17.0 Å². The second-order valence-corrected chi connectivity index (χ2v) is 5.13. The topological polar surface area (TPSA) is 106 Å². The maximum atomic E-state index is 11.7. The van der Waals surface area contributed by atoms with Crippen LogP contribution in [0.1, 0.15) is 16.8 Å².